The zero-order valence-corrected chi connectivity index (χ0v) is 16.3. The molecule has 29 heavy (non-hydrogen) atoms. The van der Waals surface area contributed by atoms with Crippen LogP contribution in [0.2, 0.25) is 0 Å². The number of nitrogens with one attached hydrogen (secondary N) is 2. The summed E-state index contributed by atoms with van der Waals surface area (Å²) in [5.41, 5.74) is 1.29. The molecule has 0 radical (unpaired) electrons. The number of likely N-dealkylation sites (tertiary alicyclic amines) is 1. The van der Waals surface area contributed by atoms with E-state index in [-0.39, 0.29) is 29.6 Å². The van der Waals surface area contributed by atoms with Crippen molar-refractivity contribution in [3.8, 4) is 0 Å². The first-order valence-corrected chi connectivity index (χ1v) is 9.81. The maximum atomic E-state index is 13.1. The van der Waals surface area contributed by atoms with Crippen molar-refractivity contribution >= 4 is 34.5 Å². The third kappa shape index (κ3) is 3.50. The number of aromatic amines is 1. The van der Waals surface area contributed by atoms with Crippen molar-refractivity contribution in [2.75, 3.05) is 5.32 Å². The van der Waals surface area contributed by atoms with Crippen LogP contribution in [0, 0.1) is 17.8 Å². The average molecular weight is 397 g/mol. The van der Waals surface area contributed by atoms with Crippen molar-refractivity contribution < 1.29 is 18.8 Å². The molecule has 0 bridgehead atoms. The van der Waals surface area contributed by atoms with E-state index >= 15 is 0 Å². The van der Waals surface area contributed by atoms with Gasteiger partial charge in [-0.05, 0) is 43.4 Å². The summed E-state index contributed by atoms with van der Waals surface area (Å²) in [6.07, 6.45) is 5.29. The first-order valence-electron chi connectivity index (χ1n) is 9.81. The van der Waals surface area contributed by atoms with E-state index in [9.17, 15) is 19.2 Å². The standard InChI is InChI=1S/C21H23N3O5/c1-11(2)9-16(24-19(26)13-5-3-4-6-14(13)20(24)27)18(25)22-12-7-8-17-15(10-12)23-21(28)29-17/h3-4,7-8,10-11,13-14,16H,5-6,9H2,1-2H3,(H,22,25)(H,23,28). The maximum Gasteiger partial charge on any atom is 0.417 e. The second-order valence-electron chi connectivity index (χ2n) is 8.06. The zero-order valence-electron chi connectivity index (χ0n) is 16.3. The highest BCUT2D eigenvalue weighted by Crippen LogP contribution is 2.37. The predicted octanol–water partition coefficient (Wildman–Crippen LogP) is 2.43. The fraction of sp³-hybridized carbons (Fsp3) is 0.429. The van der Waals surface area contributed by atoms with Gasteiger partial charge in [0.05, 0.1) is 17.4 Å². The molecule has 3 atom stereocenters. The Bertz CT molecular complexity index is 1040. The van der Waals surface area contributed by atoms with Gasteiger partial charge in [-0.2, -0.15) is 0 Å². The van der Waals surface area contributed by atoms with Gasteiger partial charge in [-0.3, -0.25) is 24.3 Å². The number of amides is 3. The number of allylic oxidation sites excluding steroid dienone is 2. The first kappa shape index (κ1) is 19.2. The van der Waals surface area contributed by atoms with E-state index in [1.807, 2.05) is 26.0 Å². The van der Waals surface area contributed by atoms with Gasteiger partial charge in [-0.25, -0.2) is 4.79 Å². The Morgan fingerprint density at radius 1 is 1.17 bits per heavy atom. The van der Waals surface area contributed by atoms with Crippen molar-refractivity contribution in [2.45, 2.75) is 39.2 Å². The Morgan fingerprint density at radius 2 is 1.83 bits per heavy atom. The van der Waals surface area contributed by atoms with Crippen LogP contribution in [0.3, 0.4) is 0 Å². The highest BCUT2D eigenvalue weighted by Gasteiger charge is 2.51. The summed E-state index contributed by atoms with van der Waals surface area (Å²) in [5.74, 6) is -2.16. The number of hydrogen-bond acceptors (Lipinski definition) is 5. The molecule has 1 aliphatic carbocycles. The molecule has 0 spiro atoms. The van der Waals surface area contributed by atoms with Gasteiger partial charge in [-0.15, -0.1) is 0 Å². The van der Waals surface area contributed by atoms with Crippen molar-refractivity contribution in [1.29, 1.82) is 0 Å². The van der Waals surface area contributed by atoms with E-state index < -0.39 is 17.7 Å². The Balaban J connectivity index is 1.60. The topological polar surface area (TPSA) is 112 Å². The number of nitrogens with zero attached hydrogens (tertiary/aromatic N) is 1. The quantitative estimate of drug-likeness (QED) is 0.594. The number of fused-ring (bicyclic) bond motifs is 2. The Labute approximate surface area is 166 Å². The van der Waals surface area contributed by atoms with Gasteiger partial charge in [0.1, 0.15) is 6.04 Å². The number of carbonyl (C=O) groups is 3. The second-order valence-corrected chi connectivity index (χ2v) is 8.06. The van der Waals surface area contributed by atoms with E-state index in [0.717, 1.165) is 0 Å². The summed E-state index contributed by atoms with van der Waals surface area (Å²) in [6, 6.07) is 3.90. The number of oxazole rings is 1. The molecule has 1 fully saturated rings. The number of carbonyl (C=O) groups excluding carboxylic acids is 3. The normalized spacial score (nSPS) is 22.4. The largest absolute Gasteiger partial charge is 0.417 e. The van der Waals surface area contributed by atoms with Crippen LogP contribution in [-0.2, 0) is 14.4 Å². The monoisotopic (exact) mass is 397 g/mol. The summed E-state index contributed by atoms with van der Waals surface area (Å²) >= 11 is 0. The SMILES string of the molecule is CC(C)CC(C(=O)Nc1ccc2oc(=O)[nH]c2c1)N1C(=O)C2CC=CCC2C1=O. The van der Waals surface area contributed by atoms with Crippen LogP contribution < -0.4 is 11.1 Å². The van der Waals surface area contributed by atoms with Crippen LogP contribution in [0.5, 0.6) is 0 Å². The van der Waals surface area contributed by atoms with Gasteiger partial charge in [0, 0.05) is 5.69 Å². The molecule has 152 valence electrons. The summed E-state index contributed by atoms with van der Waals surface area (Å²) in [7, 11) is 0. The molecule has 8 heteroatoms. The maximum absolute atomic E-state index is 13.1. The zero-order chi connectivity index (χ0) is 20.7. The van der Waals surface area contributed by atoms with Crippen molar-refractivity contribution in [1.82, 2.24) is 9.88 Å². The highest BCUT2D eigenvalue weighted by molar-refractivity contribution is 6.10. The highest BCUT2D eigenvalue weighted by atomic mass is 16.4. The van der Waals surface area contributed by atoms with Crippen molar-refractivity contribution in [2.24, 2.45) is 17.8 Å². The number of rotatable bonds is 5. The summed E-state index contributed by atoms with van der Waals surface area (Å²) < 4.78 is 4.96. The Kier molecular flexibility index (Phi) is 4.86. The lowest BCUT2D eigenvalue weighted by Crippen LogP contribution is -2.48. The molecule has 1 aromatic heterocycles. The molecule has 8 nitrogen and oxygen atoms in total. The molecular formula is C21H23N3O5. The molecule has 3 unspecified atom stereocenters. The molecular weight excluding hydrogens is 374 g/mol. The van der Waals surface area contributed by atoms with Crippen LogP contribution in [-0.4, -0.2) is 33.6 Å². The fourth-order valence-electron chi connectivity index (χ4n) is 4.16. The van der Waals surface area contributed by atoms with E-state index in [2.05, 4.69) is 10.3 Å². The van der Waals surface area contributed by atoms with E-state index in [0.29, 0.717) is 36.0 Å². The van der Waals surface area contributed by atoms with Gasteiger partial charge in [-0.1, -0.05) is 26.0 Å². The van der Waals surface area contributed by atoms with Crippen LogP contribution in [0.4, 0.5) is 5.69 Å². The molecule has 1 saturated heterocycles. The second kappa shape index (κ2) is 7.35. The smallest absolute Gasteiger partial charge is 0.408 e. The Hall–Kier alpha value is -3.16. The minimum atomic E-state index is -0.875. The molecule has 2 aromatic rings. The molecule has 2 N–H and O–H groups in total. The molecule has 2 aliphatic rings. The third-order valence-corrected chi connectivity index (χ3v) is 5.54. The lowest BCUT2D eigenvalue weighted by molar-refractivity contribution is -0.147. The van der Waals surface area contributed by atoms with E-state index in [4.69, 9.17) is 4.42 Å². The summed E-state index contributed by atoms with van der Waals surface area (Å²) in [6.45, 7) is 3.89. The Morgan fingerprint density at radius 3 is 2.45 bits per heavy atom. The first-order chi connectivity index (χ1) is 13.8. The average Bonchev–Trinajstić information content (AvgIpc) is 3.16. The third-order valence-electron chi connectivity index (χ3n) is 5.54. The predicted molar refractivity (Wildman–Crippen MR) is 106 cm³/mol. The number of benzene rings is 1. The minimum absolute atomic E-state index is 0.111. The van der Waals surface area contributed by atoms with Gasteiger partial charge in [0.2, 0.25) is 17.7 Å². The van der Waals surface area contributed by atoms with Crippen LogP contribution in [0.15, 0.2) is 39.6 Å². The molecule has 2 heterocycles. The number of hydrogen-bond donors (Lipinski definition) is 2. The molecule has 3 amide bonds. The molecule has 0 saturated carbocycles. The number of aromatic nitrogens is 1. The lowest BCUT2D eigenvalue weighted by atomic mass is 9.85. The van der Waals surface area contributed by atoms with Gasteiger partial charge in [0.15, 0.2) is 5.58 Å². The van der Waals surface area contributed by atoms with E-state index in [1.165, 1.54) is 4.90 Å². The van der Waals surface area contributed by atoms with Gasteiger partial charge >= 0.3 is 5.76 Å². The summed E-state index contributed by atoms with van der Waals surface area (Å²) in [4.78, 5) is 54.0. The molecule has 4 rings (SSSR count). The van der Waals surface area contributed by atoms with Gasteiger partial charge in [0.25, 0.3) is 0 Å². The minimum Gasteiger partial charge on any atom is -0.408 e. The van der Waals surface area contributed by atoms with Gasteiger partial charge < -0.3 is 9.73 Å². The number of H-pyrrole nitrogens is 1. The number of imide groups is 1. The number of anilines is 1. The lowest BCUT2D eigenvalue weighted by Gasteiger charge is -2.27. The fourth-order valence-corrected chi connectivity index (χ4v) is 4.16. The molecule has 1 aromatic carbocycles. The van der Waals surface area contributed by atoms with Crippen molar-refractivity contribution in [3.05, 3.63) is 40.9 Å². The van der Waals surface area contributed by atoms with Crippen LogP contribution >= 0.6 is 0 Å². The van der Waals surface area contributed by atoms with Crippen molar-refractivity contribution in [3.63, 3.8) is 0 Å². The summed E-state index contributed by atoms with van der Waals surface area (Å²) in [5, 5.41) is 2.78. The van der Waals surface area contributed by atoms with E-state index in [1.54, 1.807) is 18.2 Å². The van der Waals surface area contributed by atoms with Crippen LogP contribution in [0.25, 0.3) is 11.1 Å². The van der Waals surface area contributed by atoms with Crippen LogP contribution in [0.1, 0.15) is 33.1 Å². The molecule has 1 aliphatic heterocycles.